The lowest BCUT2D eigenvalue weighted by Gasteiger charge is -2.37. The fourth-order valence-corrected chi connectivity index (χ4v) is 7.98. The molecule has 0 fully saturated rings. The van der Waals surface area contributed by atoms with Gasteiger partial charge in [-0.25, -0.2) is 0 Å². The van der Waals surface area contributed by atoms with E-state index < -0.39 is 26.8 Å². The third-order valence-electron chi connectivity index (χ3n) is 11.3. The summed E-state index contributed by atoms with van der Waals surface area (Å²) in [5.41, 5.74) is 12.0. The van der Waals surface area contributed by atoms with E-state index in [2.05, 4.69) is 97.1 Å². The average Bonchev–Trinajstić information content (AvgIpc) is 3.30. The predicted octanol–water partition coefficient (Wildman–Crippen LogP) is 4.68. The average molecular weight is 799 g/mol. The van der Waals surface area contributed by atoms with Crippen molar-refractivity contribution >= 4 is 45.4 Å². The molecule has 12 heteroatoms. The van der Waals surface area contributed by atoms with Crippen LogP contribution in [0.2, 0.25) is 0 Å². The zero-order valence-electron chi connectivity index (χ0n) is 32.8. The van der Waals surface area contributed by atoms with Crippen LogP contribution in [0.4, 0.5) is 0 Å². The summed E-state index contributed by atoms with van der Waals surface area (Å²) in [5, 5.41) is 67.2. The van der Waals surface area contributed by atoms with Crippen LogP contribution in [-0.4, -0.2) is 64.2 Å². The molecule has 8 aromatic rings. The molecular weight excluding hydrogens is 760 g/mol. The summed E-state index contributed by atoms with van der Waals surface area (Å²) in [6.45, 7) is 0. The topological polar surface area (TPSA) is 151 Å². The highest BCUT2D eigenvalue weighted by Crippen LogP contribution is 2.47. The van der Waals surface area contributed by atoms with Crippen LogP contribution in [-0.2, 0) is 5.41 Å². The summed E-state index contributed by atoms with van der Waals surface area (Å²) in [4.78, 5) is 0. The summed E-state index contributed by atoms with van der Waals surface area (Å²) >= 11 is 0. The first-order valence-corrected chi connectivity index (χ1v) is 19.7. The lowest BCUT2D eigenvalue weighted by atomic mass is 9.64. The summed E-state index contributed by atoms with van der Waals surface area (Å²) in [7, 11) is -4.01. The van der Waals surface area contributed by atoms with Crippen molar-refractivity contribution in [1.82, 2.24) is 0 Å². The minimum atomic E-state index is -1.56. The van der Waals surface area contributed by atoms with Gasteiger partial charge in [0.1, 0.15) is 5.75 Å². The first-order chi connectivity index (χ1) is 29.6. The Morgan fingerprint density at radius 3 is 0.689 bits per heavy atom. The molecule has 61 heavy (non-hydrogen) atoms. The molecule has 0 aromatic heterocycles. The van der Waals surface area contributed by atoms with Gasteiger partial charge < -0.3 is 39.8 Å². The van der Waals surface area contributed by atoms with Crippen LogP contribution in [0.5, 0.6) is 5.75 Å². The van der Waals surface area contributed by atoms with Crippen molar-refractivity contribution in [2.75, 3.05) is 0 Å². The van der Waals surface area contributed by atoms with Crippen LogP contribution in [0.15, 0.2) is 194 Å². The summed E-state index contributed by atoms with van der Waals surface area (Å²) < 4.78 is 5.13. The van der Waals surface area contributed by atoms with E-state index >= 15 is 0 Å². The van der Waals surface area contributed by atoms with Crippen LogP contribution in [0.3, 0.4) is 0 Å². The quantitative estimate of drug-likeness (QED) is 0.0657. The Balaban J connectivity index is 1.30. The van der Waals surface area contributed by atoms with Crippen molar-refractivity contribution in [2.24, 2.45) is 0 Å². The van der Waals surface area contributed by atoms with Crippen molar-refractivity contribution in [3.63, 3.8) is 0 Å². The van der Waals surface area contributed by atoms with Gasteiger partial charge in [0.05, 0.1) is 5.41 Å². The van der Waals surface area contributed by atoms with E-state index in [9.17, 15) is 30.1 Å². The third kappa shape index (κ3) is 8.61. The lowest BCUT2D eigenvalue weighted by Crippen LogP contribution is -2.31. The van der Waals surface area contributed by atoms with E-state index in [1.807, 2.05) is 48.5 Å². The second kappa shape index (κ2) is 18.0. The Bertz CT molecular complexity index is 2450. The lowest BCUT2D eigenvalue weighted by molar-refractivity contribution is 0.424. The molecule has 295 valence electrons. The number of benzene rings is 8. The standard InChI is InChI=1S/C49H39B4O8/c54-50-61-48-31-15-40(16-32-48)36-7-23-44(24-8-36)49(41-17-1-33(2-18-41)37-9-25-45(26-10-37)51(55)56,42-19-3-34(4-20-42)38-11-27-46(28-12-38)52(57)58)43-21-5-35(6-22-43)39-13-29-47(30-14-39)53(59)60/h1-32,54-60H. The van der Waals surface area contributed by atoms with Gasteiger partial charge in [0, 0.05) is 0 Å². The summed E-state index contributed by atoms with van der Waals surface area (Å²) in [6.07, 6.45) is 0. The van der Waals surface area contributed by atoms with Gasteiger partial charge in [0.2, 0.25) is 0 Å². The monoisotopic (exact) mass is 799 g/mol. The van der Waals surface area contributed by atoms with Gasteiger partial charge >= 0.3 is 29.0 Å². The molecule has 8 rings (SSSR count). The molecule has 7 N–H and O–H groups in total. The van der Waals surface area contributed by atoms with Crippen LogP contribution in [0, 0.1) is 0 Å². The maximum atomic E-state index is 9.68. The van der Waals surface area contributed by atoms with Crippen LogP contribution >= 0.6 is 0 Å². The Labute approximate surface area is 356 Å². The fourth-order valence-electron chi connectivity index (χ4n) is 7.98. The minimum Gasteiger partial charge on any atom is -0.537 e. The molecule has 8 aromatic carbocycles. The number of hydrogen-bond acceptors (Lipinski definition) is 8. The van der Waals surface area contributed by atoms with Gasteiger partial charge in [-0.2, -0.15) is 0 Å². The molecule has 0 aliphatic heterocycles. The molecule has 1 radical (unpaired) electrons. The van der Waals surface area contributed by atoms with Crippen molar-refractivity contribution in [3.05, 3.63) is 216 Å². The summed E-state index contributed by atoms with van der Waals surface area (Å²) in [6, 6.07) is 62.6. The highest BCUT2D eigenvalue weighted by atomic mass is 16.5. The number of hydrogen-bond donors (Lipinski definition) is 7. The van der Waals surface area contributed by atoms with Crippen molar-refractivity contribution in [1.29, 1.82) is 0 Å². The van der Waals surface area contributed by atoms with Gasteiger partial charge in [-0.15, -0.1) is 0 Å². The first kappa shape index (κ1) is 41.3. The minimum absolute atomic E-state index is 0.409. The molecule has 0 amide bonds. The largest absolute Gasteiger partial charge is 0.569 e. The van der Waals surface area contributed by atoms with Crippen LogP contribution in [0.1, 0.15) is 22.3 Å². The second-order valence-corrected chi connectivity index (χ2v) is 14.8. The van der Waals surface area contributed by atoms with Gasteiger partial charge in [-0.1, -0.05) is 182 Å². The van der Waals surface area contributed by atoms with Crippen LogP contribution in [0.25, 0.3) is 44.5 Å². The van der Waals surface area contributed by atoms with E-state index in [-0.39, 0.29) is 0 Å². The van der Waals surface area contributed by atoms with Gasteiger partial charge in [-0.3, -0.25) is 0 Å². The van der Waals surface area contributed by atoms with Gasteiger partial charge in [0.15, 0.2) is 0 Å². The normalized spacial score (nSPS) is 11.2. The van der Waals surface area contributed by atoms with E-state index in [0.717, 1.165) is 66.8 Å². The molecule has 0 saturated carbocycles. The molecular formula is C49H39B4O8. The Morgan fingerprint density at radius 2 is 0.492 bits per heavy atom. The molecule has 0 aliphatic carbocycles. The van der Waals surface area contributed by atoms with E-state index in [0.29, 0.717) is 29.8 Å². The molecule has 0 atom stereocenters. The molecule has 8 nitrogen and oxygen atoms in total. The van der Waals surface area contributed by atoms with Crippen molar-refractivity contribution in [3.8, 4) is 50.3 Å². The van der Waals surface area contributed by atoms with Crippen molar-refractivity contribution in [2.45, 2.75) is 5.41 Å². The molecule has 0 bridgehead atoms. The number of rotatable bonds is 13. The molecule has 0 unspecified atom stereocenters. The molecule has 0 aliphatic rings. The van der Waals surface area contributed by atoms with Crippen LogP contribution < -0.4 is 21.0 Å². The predicted molar refractivity (Wildman–Crippen MR) is 245 cm³/mol. The Morgan fingerprint density at radius 1 is 0.295 bits per heavy atom. The highest BCUT2D eigenvalue weighted by molar-refractivity contribution is 6.59. The Hall–Kier alpha value is -6.46. The zero-order chi connectivity index (χ0) is 42.5. The highest BCUT2D eigenvalue weighted by Gasteiger charge is 2.38. The van der Waals surface area contributed by atoms with Gasteiger partial charge in [-0.05, 0) is 95.3 Å². The molecule has 0 spiro atoms. The third-order valence-corrected chi connectivity index (χ3v) is 11.3. The van der Waals surface area contributed by atoms with E-state index in [4.69, 9.17) is 9.68 Å². The first-order valence-electron chi connectivity index (χ1n) is 19.7. The maximum Gasteiger partial charge on any atom is 0.569 e. The van der Waals surface area contributed by atoms with Crippen molar-refractivity contribution < 1.29 is 39.8 Å². The molecule has 0 saturated heterocycles. The second-order valence-electron chi connectivity index (χ2n) is 14.8. The van der Waals surface area contributed by atoms with E-state index in [1.165, 1.54) is 0 Å². The maximum absolute atomic E-state index is 9.68. The zero-order valence-corrected chi connectivity index (χ0v) is 32.8. The SMILES string of the molecule is O[B]Oc1ccc(-c2ccc(C(c3ccc(-c4ccc(B(O)O)cc4)cc3)(c3ccc(-c4ccc(B(O)O)cc4)cc3)c3ccc(-c4ccc(B(O)O)cc4)cc3)cc2)cc1. The Kier molecular flexibility index (Phi) is 12.2. The van der Waals surface area contributed by atoms with Gasteiger partial charge in [0.25, 0.3) is 0 Å². The smallest absolute Gasteiger partial charge is 0.537 e. The fraction of sp³-hybridized carbons (Fsp3) is 0.0204. The summed E-state index contributed by atoms with van der Waals surface area (Å²) in [5.74, 6) is 0.517. The molecule has 0 heterocycles. The van der Waals surface area contributed by atoms with E-state index in [1.54, 1.807) is 48.5 Å².